The van der Waals surface area contributed by atoms with E-state index in [9.17, 15) is 19.7 Å². The van der Waals surface area contributed by atoms with E-state index in [1.807, 2.05) is 30.3 Å². The molecule has 1 aliphatic rings. The number of furan rings is 1. The van der Waals surface area contributed by atoms with Crippen LogP contribution in [0.2, 0.25) is 0 Å². The molecule has 1 unspecified atom stereocenters. The number of thiazole rings is 1. The van der Waals surface area contributed by atoms with Crippen LogP contribution in [0.25, 0.3) is 17.4 Å². The molecule has 1 atom stereocenters. The lowest BCUT2D eigenvalue weighted by molar-refractivity contribution is -0.384. The van der Waals surface area contributed by atoms with E-state index in [2.05, 4.69) is 4.99 Å². The third-order valence-corrected chi connectivity index (χ3v) is 7.20. The number of non-ortho nitro benzene ring substituents is 1. The number of ether oxygens (including phenoxy) is 1. The lowest BCUT2D eigenvalue weighted by Gasteiger charge is -2.24. The zero-order chi connectivity index (χ0) is 27.0. The standard InChI is InChI=1S/C28H23N3O6S/c1-4-36-27(33)24-17(3)29-28-30(25(24)18-8-6-5-7-9-18)26(32)23(38-28)15-20-11-13-22(37-20)21-12-10-19(31(34)35)14-16(21)2/h5-15,25H,4H2,1-3H3/b23-15-. The molecule has 0 bridgehead atoms. The number of fused-ring (bicyclic) bond motifs is 1. The van der Waals surface area contributed by atoms with E-state index in [1.54, 1.807) is 45.0 Å². The summed E-state index contributed by atoms with van der Waals surface area (Å²) in [6.07, 6.45) is 1.64. The van der Waals surface area contributed by atoms with Gasteiger partial charge < -0.3 is 9.15 Å². The number of carbonyl (C=O) groups excluding carboxylic acids is 1. The number of hydrogen-bond donors (Lipinski definition) is 0. The van der Waals surface area contributed by atoms with Crippen LogP contribution in [0, 0.1) is 17.0 Å². The maximum atomic E-state index is 13.7. The molecule has 5 rings (SSSR count). The van der Waals surface area contributed by atoms with Gasteiger partial charge in [-0.15, -0.1) is 0 Å². The summed E-state index contributed by atoms with van der Waals surface area (Å²) in [4.78, 5) is 42.2. The third kappa shape index (κ3) is 4.50. The lowest BCUT2D eigenvalue weighted by Crippen LogP contribution is -2.39. The molecule has 0 aliphatic carbocycles. The quantitative estimate of drug-likeness (QED) is 0.209. The molecule has 0 saturated heterocycles. The first-order valence-electron chi connectivity index (χ1n) is 11.9. The van der Waals surface area contributed by atoms with Crippen LogP contribution in [0.15, 0.2) is 86.1 Å². The van der Waals surface area contributed by atoms with Gasteiger partial charge in [-0.3, -0.25) is 19.5 Å². The van der Waals surface area contributed by atoms with Gasteiger partial charge in [0.1, 0.15) is 11.5 Å². The Bertz CT molecular complexity index is 1780. The van der Waals surface area contributed by atoms with Gasteiger partial charge in [-0.1, -0.05) is 41.7 Å². The fourth-order valence-electron chi connectivity index (χ4n) is 4.48. The number of carbonyl (C=O) groups is 1. The zero-order valence-corrected chi connectivity index (χ0v) is 21.7. The minimum absolute atomic E-state index is 0.00425. The van der Waals surface area contributed by atoms with E-state index >= 15 is 0 Å². The number of nitro benzene ring substituents is 1. The number of esters is 1. The molecule has 4 aromatic rings. The molecule has 3 heterocycles. The summed E-state index contributed by atoms with van der Waals surface area (Å²) >= 11 is 1.21. The maximum Gasteiger partial charge on any atom is 0.338 e. The Hall–Kier alpha value is -4.57. The summed E-state index contributed by atoms with van der Waals surface area (Å²) in [5.41, 5.74) is 2.71. The van der Waals surface area contributed by atoms with Crippen LogP contribution in [0.4, 0.5) is 5.69 Å². The van der Waals surface area contributed by atoms with Gasteiger partial charge in [0.25, 0.3) is 11.2 Å². The summed E-state index contributed by atoms with van der Waals surface area (Å²) in [5, 5.41) is 11.1. The van der Waals surface area contributed by atoms with Crippen molar-refractivity contribution in [1.82, 2.24) is 4.57 Å². The molecular formula is C28H23N3O6S. The molecule has 0 fully saturated rings. The van der Waals surface area contributed by atoms with Crippen LogP contribution < -0.4 is 14.9 Å². The zero-order valence-electron chi connectivity index (χ0n) is 20.8. The molecule has 10 heteroatoms. The Balaban J connectivity index is 1.60. The van der Waals surface area contributed by atoms with Crippen molar-refractivity contribution in [2.45, 2.75) is 26.8 Å². The highest BCUT2D eigenvalue weighted by atomic mass is 32.1. The normalized spacial score (nSPS) is 15.2. The van der Waals surface area contributed by atoms with Crippen molar-refractivity contribution in [2.75, 3.05) is 6.61 Å². The van der Waals surface area contributed by atoms with E-state index in [4.69, 9.17) is 9.15 Å². The first-order valence-corrected chi connectivity index (χ1v) is 12.7. The summed E-state index contributed by atoms with van der Waals surface area (Å²) in [5.74, 6) is 0.464. The van der Waals surface area contributed by atoms with E-state index in [0.29, 0.717) is 37.7 Å². The van der Waals surface area contributed by atoms with Gasteiger partial charge in [-0.25, -0.2) is 9.79 Å². The molecule has 2 aromatic carbocycles. The van der Waals surface area contributed by atoms with Crippen LogP contribution in [-0.4, -0.2) is 22.1 Å². The number of nitrogens with zero attached hydrogens (tertiary/aromatic N) is 3. The summed E-state index contributed by atoms with van der Waals surface area (Å²) in [6.45, 7) is 5.45. The fraction of sp³-hybridized carbons (Fsp3) is 0.179. The number of aromatic nitrogens is 1. The first-order chi connectivity index (χ1) is 18.3. The van der Waals surface area contributed by atoms with E-state index < -0.39 is 16.9 Å². The molecule has 0 amide bonds. The van der Waals surface area contributed by atoms with Gasteiger partial charge in [0.2, 0.25) is 0 Å². The molecule has 0 N–H and O–H groups in total. The Kier molecular flexibility index (Phi) is 6.64. The Morgan fingerprint density at radius 1 is 1.18 bits per heavy atom. The highest BCUT2D eigenvalue weighted by Crippen LogP contribution is 2.31. The Morgan fingerprint density at radius 2 is 1.95 bits per heavy atom. The van der Waals surface area contributed by atoms with Gasteiger partial charge in [-0.05, 0) is 50.1 Å². The largest absolute Gasteiger partial charge is 0.463 e. The van der Waals surface area contributed by atoms with Crippen molar-refractivity contribution >= 4 is 29.1 Å². The molecule has 0 saturated carbocycles. The molecule has 1 aliphatic heterocycles. The van der Waals surface area contributed by atoms with Crippen molar-refractivity contribution in [3.8, 4) is 11.3 Å². The smallest absolute Gasteiger partial charge is 0.338 e. The van der Waals surface area contributed by atoms with Gasteiger partial charge in [0.15, 0.2) is 4.80 Å². The highest BCUT2D eigenvalue weighted by molar-refractivity contribution is 7.07. The minimum atomic E-state index is -0.677. The van der Waals surface area contributed by atoms with E-state index in [1.165, 1.54) is 28.0 Å². The predicted molar refractivity (Wildman–Crippen MR) is 142 cm³/mol. The Labute approximate surface area is 220 Å². The number of rotatable bonds is 6. The molecule has 9 nitrogen and oxygen atoms in total. The van der Waals surface area contributed by atoms with Crippen molar-refractivity contribution in [3.63, 3.8) is 0 Å². The third-order valence-electron chi connectivity index (χ3n) is 6.22. The predicted octanol–water partition coefficient (Wildman–Crippen LogP) is 4.27. The average Bonchev–Trinajstić information content (AvgIpc) is 3.48. The van der Waals surface area contributed by atoms with Gasteiger partial charge in [0, 0.05) is 23.8 Å². The molecule has 192 valence electrons. The van der Waals surface area contributed by atoms with Crippen molar-refractivity contribution in [3.05, 3.63) is 119 Å². The second-order valence-corrected chi connectivity index (χ2v) is 9.68. The van der Waals surface area contributed by atoms with Gasteiger partial charge in [0.05, 0.1) is 33.4 Å². The minimum Gasteiger partial charge on any atom is -0.463 e. The Morgan fingerprint density at radius 3 is 2.63 bits per heavy atom. The average molecular weight is 530 g/mol. The second kappa shape index (κ2) is 10.1. The SMILES string of the molecule is CCOC(=O)C1=C(C)N=c2s/c(=C\c3ccc(-c4ccc([N+](=O)[O-])cc4C)o3)c(=O)n2C1c1ccccc1. The number of aryl methyl sites for hydroxylation is 1. The second-order valence-electron chi connectivity index (χ2n) is 8.67. The highest BCUT2D eigenvalue weighted by Gasteiger charge is 2.33. The van der Waals surface area contributed by atoms with Crippen LogP contribution in [0.5, 0.6) is 0 Å². The van der Waals surface area contributed by atoms with Crippen LogP contribution in [0.1, 0.15) is 36.8 Å². The topological polar surface area (TPSA) is 117 Å². The van der Waals surface area contributed by atoms with Crippen LogP contribution in [0.3, 0.4) is 0 Å². The number of hydrogen-bond acceptors (Lipinski definition) is 8. The molecule has 38 heavy (non-hydrogen) atoms. The summed E-state index contributed by atoms with van der Waals surface area (Å²) in [6, 6.07) is 16.7. The summed E-state index contributed by atoms with van der Waals surface area (Å²) < 4.78 is 13.2. The van der Waals surface area contributed by atoms with Gasteiger partial charge in [-0.2, -0.15) is 0 Å². The number of benzene rings is 2. The van der Waals surface area contributed by atoms with Crippen LogP contribution in [-0.2, 0) is 9.53 Å². The lowest BCUT2D eigenvalue weighted by atomic mass is 9.96. The van der Waals surface area contributed by atoms with E-state index in [-0.39, 0.29) is 17.9 Å². The maximum absolute atomic E-state index is 13.7. The van der Waals surface area contributed by atoms with Crippen LogP contribution >= 0.6 is 11.3 Å². The molecular weight excluding hydrogens is 506 g/mol. The fourth-order valence-corrected chi connectivity index (χ4v) is 5.51. The van der Waals surface area contributed by atoms with Crippen molar-refractivity contribution in [1.29, 1.82) is 0 Å². The van der Waals surface area contributed by atoms with Crippen molar-refractivity contribution in [2.24, 2.45) is 4.99 Å². The molecule has 0 radical (unpaired) electrons. The van der Waals surface area contributed by atoms with Crippen molar-refractivity contribution < 1.29 is 18.9 Å². The number of nitro groups is 1. The van der Waals surface area contributed by atoms with E-state index in [0.717, 1.165) is 11.1 Å². The number of allylic oxidation sites excluding steroid dienone is 1. The molecule has 0 spiro atoms. The summed E-state index contributed by atoms with van der Waals surface area (Å²) in [7, 11) is 0. The molecule has 2 aromatic heterocycles. The first kappa shape index (κ1) is 25.1. The monoisotopic (exact) mass is 529 g/mol. The van der Waals surface area contributed by atoms with Gasteiger partial charge >= 0.3 is 5.97 Å².